The van der Waals surface area contributed by atoms with Crippen LogP contribution in [0.3, 0.4) is 0 Å². The van der Waals surface area contributed by atoms with Crippen LogP contribution in [-0.4, -0.2) is 20.2 Å². The normalized spacial score (nSPS) is 10.1. The zero-order valence-electron chi connectivity index (χ0n) is 6.43. The van der Waals surface area contributed by atoms with Gasteiger partial charge in [0.15, 0.2) is 0 Å². The van der Waals surface area contributed by atoms with Crippen LogP contribution in [0.4, 0.5) is 0 Å². The van der Waals surface area contributed by atoms with Crippen LogP contribution in [0, 0.1) is 6.92 Å². The van der Waals surface area contributed by atoms with Gasteiger partial charge in [-0.1, -0.05) is 0 Å². The van der Waals surface area contributed by atoms with Crippen LogP contribution < -0.4 is 0 Å². The van der Waals surface area contributed by atoms with E-state index in [2.05, 4.69) is 20.2 Å². The van der Waals surface area contributed by atoms with Crippen molar-refractivity contribution in [1.82, 2.24) is 20.2 Å². The van der Waals surface area contributed by atoms with Gasteiger partial charge in [-0.15, -0.1) is 10.2 Å². The van der Waals surface area contributed by atoms with Gasteiger partial charge in [-0.25, -0.2) is 4.98 Å². The SMILES string of the molecule is Cc1cnc(-c2nnco2)cn1. The second kappa shape index (κ2) is 2.69. The standard InChI is InChI=1S/C7H6N4O/c1-5-2-9-6(3-8-5)7-11-10-4-12-7/h2-4H,1H3. The van der Waals surface area contributed by atoms with Crippen molar-refractivity contribution >= 4 is 0 Å². The smallest absolute Gasteiger partial charge is 0.267 e. The highest BCUT2D eigenvalue weighted by atomic mass is 16.4. The molecule has 0 radical (unpaired) electrons. The molecular weight excluding hydrogens is 156 g/mol. The molecule has 0 saturated carbocycles. The minimum atomic E-state index is 0.391. The predicted octanol–water partition coefficient (Wildman–Crippen LogP) is 0.835. The Morgan fingerprint density at radius 2 is 2.17 bits per heavy atom. The van der Waals surface area contributed by atoms with Gasteiger partial charge in [0.25, 0.3) is 5.89 Å². The Morgan fingerprint density at radius 1 is 1.25 bits per heavy atom. The molecule has 0 atom stereocenters. The van der Waals surface area contributed by atoms with Crippen LogP contribution in [0.2, 0.25) is 0 Å². The number of hydrogen-bond acceptors (Lipinski definition) is 5. The van der Waals surface area contributed by atoms with E-state index in [1.165, 1.54) is 6.39 Å². The van der Waals surface area contributed by atoms with Gasteiger partial charge in [0.05, 0.1) is 11.9 Å². The summed E-state index contributed by atoms with van der Waals surface area (Å²) in [6.45, 7) is 1.87. The molecule has 5 heteroatoms. The van der Waals surface area contributed by atoms with Crippen molar-refractivity contribution < 1.29 is 4.42 Å². The molecule has 2 heterocycles. The third kappa shape index (κ3) is 1.16. The lowest BCUT2D eigenvalue weighted by molar-refractivity contribution is 0.566. The number of aromatic nitrogens is 4. The molecular formula is C7H6N4O. The zero-order valence-corrected chi connectivity index (χ0v) is 6.43. The average molecular weight is 162 g/mol. The Labute approximate surface area is 68.5 Å². The molecule has 5 nitrogen and oxygen atoms in total. The predicted molar refractivity (Wildman–Crippen MR) is 40.1 cm³/mol. The second-order valence-electron chi connectivity index (χ2n) is 2.29. The molecule has 0 aliphatic carbocycles. The van der Waals surface area contributed by atoms with E-state index in [-0.39, 0.29) is 0 Å². The molecule has 0 spiro atoms. The maximum Gasteiger partial charge on any atom is 0.267 e. The summed E-state index contributed by atoms with van der Waals surface area (Å²) < 4.78 is 4.93. The van der Waals surface area contributed by atoms with Crippen molar-refractivity contribution in [2.75, 3.05) is 0 Å². The van der Waals surface area contributed by atoms with Crippen LogP contribution >= 0.6 is 0 Å². The van der Waals surface area contributed by atoms with Crippen molar-refractivity contribution in [2.45, 2.75) is 6.92 Å². The van der Waals surface area contributed by atoms with Gasteiger partial charge in [0, 0.05) is 6.20 Å². The first-order valence-corrected chi connectivity index (χ1v) is 3.41. The lowest BCUT2D eigenvalue weighted by atomic mass is 10.4. The molecule has 0 aromatic carbocycles. The quantitative estimate of drug-likeness (QED) is 0.621. The summed E-state index contributed by atoms with van der Waals surface area (Å²) in [6.07, 6.45) is 4.51. The first-order chi connectivity index (χ1) is 5.86. The highest BCUT2D eigenvalue weighted by molar-refractivity contribution is 5.42. The third-order valence-electron chi connectivity index (χ3n) is 1.36. The second-order valence-corrected chi connectivity index (χ2v) is 2.29. The summed E-state index contributed by atoms with van der Waals surface area (Å²) in [4.78, 5) is 8.11. The minimum absolute atomic E-state index is 0.391. The van der Waals surface area contributed by atoms with Gasteiger partial charge in [-0.3, -0.25) is 4.98 Å². The lowest BCUT2D eigenvalue weighted by Gasteiger charge is -1.92. The van der Waals surface area contributed by atoms with Crippen LogP contribution in [0.25, 0.3) is 11.6 Å². The van der Waals surface area contributed by atoms with E-state index >= 15 is 0 Å². The zero-order chi connectivity index (χ0) is 8.39. The summed E-state index contributed by atoms with van der Waals surface area (Å²) in [5.41, 5.74) is 1.45. The third-order valence-corrected chi connectivity index (χ3v) is 1.36. The minimum Gasteiger partial charge on any atom is -0.422 e. The van der Waals surface area contributed by atoms with Crippen LogP contribution in [0.15, 0.2) is 23.2 Å². The fourth-order valence-corrected chi connectivity index (χ4v) is 0.788. The Balaban J connectivity index is 2.43. The highest BCUT2D eigenvalue weighted by Crippen LogP contribution is 2.10. The Hall–Kier alpha value is -1.78. The summed E-state index contributed by atoms with van der Waals surface area (Å²) >= 11 is 0. The molecule has 0 N–H and O–H groups in total. The number of nitrogens with zero attached hydrogens (tertiary/aromatic N) is 4. The molecule has 0 aliphatic heterocycles. The van der Waals surface area contributed by atoms with E-state index in [4.69, 9.17) is 4.42 Å². The van der Waals surface area contributed by atoms with E-state index in [0.29, 0.717) is 11.6 Å². The van der Waals surface area contributed by atoms with E-state index in [1.54, 1.807) is 12.4 Å². The van der Waals surface area contributed by atoms with Crippen molar-refractivity contribution in [1.29, 1.82) is 0 Å². The molecule has 0 amide bonds. The molecule has 0 unspecified atom stereocenters. The van der Waals surface area contributed by atoms with E-state index in [9.17, 15) is 0 Å². The van der Waals surface area contributed by atoms with Gasteiger partial charge in [0.1, 0.15) is 5.69 Å². The highest BCUT2D eigenvalue weighted by Gasteiger charge is 2.03. The molecule has 60 valence electrons. The molecule has 0 aliphatic rings. The molecule has 2 aromatic heterocycles. The Bertz CT molecular complexity index is 353. The van der Waals surface area contributed by atoms with Crippen molar-refractivity contribution in [3.63, 3.8) is 0 Å². The van der Waals surface area contributed by atoms with E-state index in [1.807, 2.05) is 6.92 Å². The molecule has 2 rings (SSSR count). The number of rotatable bonds is 1. The fourth-order valence-electron chi connectivity index (χ4n) is 0.788. The number of hydrogen-bond donors (Lipinski definition) is 0. The molecule has 0 fully saturated rings. The van der Waals surface area contributed by atoms with Gasteiger partial charge >= 0.3 is 0 Å². The van der Waals surface area contributed by atoms with Gasteiger partial charge < -0.3 is 4.42 Å². The molecule has 0 saturated heterocycles. The topological polar surface area (TPSA) is 64.7 Å². The Kier molecular flexibility index (Phi) is 1.55. The van der Waals surface area contributed by atoms with Crippen LogP contribution in [0.1, 0.15) is 5.69 Å². The maximum absolute atomic E-state index is 4.93. The van der Waals surface area contributed by atoms with Crippen molar-refractivity contribution in [3.05, 3.63) is 24.5 Å². The summed E-state index contributed by atoms with van der Waals surface area (Å²) in [5.74, 6) is 0.391. The summed E-state index contributed by atoms with van der Waals surface area (Å²) in [7, 11) is 0. The van der Waals surface area contributed by atoms with Crippen LogP contribution in [-0.2, 0) is 0 Å². The van der Waals surface area contributed by atoms with E-state index < -0.39 is 0 Å². The van der Waals surface area contributed by atoms with E-state index in [0.717, 1.165) is 5.69 Å². The fraction of sp³-hybridized carbons (Fsp3) is 0.143. The average Bonchev–Trinajstić information content (AvgIpc) is 2.58. The molecule has 2 aromatic rings. The molecule has 0 bridgehead atoms. The van der Waals surface area contributed by atoms with Gasteiger partial charge in [0.2, 0.25) is 6.39 Å². The summed E-state index contributed by atoms with van der Waals surface area (Å²) in [6, 6.07) is 0. The Morgan fingerprint density at radius 3 is 2.75 bits per heavy atom. The monoisotopic (exact) mass is 162 g/mol. The summed E-state index contributed by atoms with van der Waals surface area (Å²) in [5, 5.41) is 7.23. The largest absolute Gasteiger partial charge is 0.422 e. The molecule has 12 heavy (non-hydrogen) atoms. The van der Waals surface area contributed by atoms with Crippen molar-refractivity contribution in [2.24, 2.45) is 0 Å². The van der Waals surface area contributed by atoms with Gasteiger partial charge in [-0.2, -0.15) is 0 Å². The lowest BCUT2D eigenvalue weighted by Crippen LogP contribution is -1.87. The van der Waals surface area contributed by atoms with Crippen LogP contribution in [0.5, 0.6) is 0 Å². The van der Waals surface area contributed by atoms with Crippen molar-refractivity contribution in [3.8, 4) is 11.6 Å². The van der Waals surface area contributed by atoms with Gasteiger partial charge in [-0.05, 0) is 6.92 Å². The maximum atomic E-state index is 4.93. The number of aryl methyl sites for hydroxylation is 1. The first-order valence-electron chi connectivity index (χ1n) is 3.41. The first kappa shape index (κ1) is 6.90.